The standard InChI is InChI=1S/C18H15NO3/c1-18-12-5-3-2-4-11(12)8-19-17(18)9-20-14-7-16-15(6-13(14)18)21-10-22-16/h2-8,17H,9-10H2,1H3/t17-,18?/m1/s1. The molecular formula is C18H15NO3. The van der Waals surface area contributed by atoms with Gasteiger partial charge in [-0.3, -0.25) is 4.99 Å². The molecule has 3 heterocycles. The van der Waals surface area contributed by atoms with Crippen LogP contribution in [0, 0.1) is 0 Å². The minimum absolute atomic E-state index is 0.0790. The molecule has 4 heteroatoms. The Labute approximate surface area is 128 Å². The normalized spacial score (nSPS) is 26.7. The fourth-order valence-corrected chi connectivity index (χ4v) is 3.73. The van der Waals surface area contributed by atoms with Crippen LogP contribution in [-0.2, 0) is 5.41 Å². The second-order valence-corrected chi connectivity index (χ2v) is 6.10. The van der Waals surface area contributed by atoms with E-state index >= 15 is 0 Å². The van der Waals surface area contributed by atoms with Crippen molar-refractivity contribution in [2.24, 2.45) is 4.99 Å². The van der Waals surface area contributed by atoms with Gasteiger partial charge >= 0.3 is 0 Å². The molecule has 0 bridgehead atoms. The summed E-state index contributed by atoms with van der Waals surface area (Å²) in [6.45, 7) is 3.09. The highest BCUT2D eigenvalue weighted by molar-refractivity contribution is 5.85. The molecule has 22 heavy (non-hydrogen) atoms. The zero-order valence-corrected chi connectivity index (χ0v) is 12.2. The zero-order chi connectivity index (χ0) is 14.7. The van der Waals surface area contributed by atoms with E-state index in [1.54, 1.807) is 0 Å². The first-order valence-electron chi connectivity index (χ1n) is 7.46. The summed E-state index contributed by atoms with van der Waals surface area (Å²) in [7, 11) is 0. The molecule has 2 atom stereocenters. The van der Waals surface area contributed by atoms with Crippen molar-refractivity contribution in [2.75, 3.05) is 13.4 Å². The van der Waals surface area contributed by atoms with Crippen molar-refractivity contribution in [3.05, 3.63) is 53.1 Å². The van der Waals surface area contributed by atoms with Gasteiger partial charge in [0, 0.05) is 23.3 Å². The molecule has 0 spiro atoms. The van der Waals surface area contributed by atoms with Crippen LogP contribution in [0.2, 0.25) is 0 Å². The number of aliphatic imine (C=N–C) groups is 1. The van der Waals surface area contributed by atoms with Crippen LogP contribution in [0.3, 0.4) is 0 Å². The number of fused-ring (bicyclic) bond motifs is 6. The Bertz CT molecular complexity index is 814. The smallest absolute Gasteiger partial charge is 0.231 e. The summed E-state index contributed by atoms with van der Waals surface area (Å²) in [6.07, 6.45) is 1.96. The molecule has 0 aromatic heterocycles. The highest BCUT2D eigenvalue weighted by Gasteiger charge is 2.46. The Morgan fingerprint density at radius 1 is 1.00 bits per heavy atom. The second-order valence-electron chi connectivity index (χ2n) is 6.10. The first-order valence-corrected chi connectivity index (χ1v) is 7.46. The molecule has 0 radical (unpaired) electrons. The van der Waals surface area contributed by atoms with Gasteiger partial charge < -0.3 is 14.2 Å². The van der Waals surface area contributed by atoms with Crippen LogP contribution in [0.4, 0.5) is 0 Å². The van der Waals surface area contributed by atoms with Crippen molar-refractivity contribution in [1.82, 2.24) is 0 Å². The van der Waals surface area contributed by atoms with E-state index < -0.39 is 0 Å². The van der Waals surface area contributed by atoms with Crippen molar-refractivity contribution in [2.45, 2.75) is 18.4 Å². The van der Waals surface area contributed by atoms with E-state index in [2.05, 4.69) is 37.3 Å². The minimum atomic E-state index is -0.208. The molecule has 2 aromatic rings. The molecule has 5 rings (SSSR count). The number of rotatable bonds is 0. The quantitative estimate of drug-likeness (QED) is 0.750. The predicted molar refractivity (Wildman–Crippen MR) is 82.3 cm³/mol. The maximum absolute atomic E-state index is 5.95. The van der Waals surface area contributed by atoms with Gasteiger partial charge in [0.15, 0.2) is 11.5 Å². The molecule has 0 fully saturated rings. The van der Waals surface area contributed by atoms with Crippen molar-refractivity contribution >= 4 is 6.21 Å². The Morgan fingerprint density at radius 2 is 1.82 bits per heavy atom. The van der Waals surface area contributed by atoms with Gasteiger partial charge in [0.1, 0.15) is 12.4 Å². The summed E-state index contributed by atoms with van der Waals surface area (Å²) in [5.41, 5.74) is 3.38. The van der Waals surface area contributed by atoms with E-state index in [9.17, 15) is 0 Å². The van der Waals surface area contributed by atoms with Crippen molar-refractivity contribution in [1.29, 1.82) is 0 Å². The average molecular weight is 293 g/mol. The average Bonchev–Trinajstić information content (AvgIpc) is 3.00. The maximum Gasteiger partial charge on any atom is 0.231 e. The minimum Gasteiger partial charge on any atom is -0.491 e. The number of hydrogen-bond acceptors (Lipinski definition) is 4. The van der Waals surface area contributed by atoms with E-state index in [0.29, 0.717) is 6.61 Å². The summed E-state index contributed by atoms with van der Waals surface area (Å²) in [6, 6.07) is 12.5. The molecule has 0 saturated carbocycles. The van der Waals surface area contributed by atoms with Gasteiger partial charge in [0.2, 0.25) is 6.79 Å². The lowest BCUT2D eigenvalue weighted by Crippen LogP contribution is -2.46. The lowest BCUT2D eigenvalue weighted by Gasteiger charge is -2.43. The summed E-state index contributed by atoms with van der Waals surface area (Å²) in [5, 5.41) is 0. The first-order chi connectivity index (χ1) is 10.8. The van der Waals surface area contributed by atoms with Gasteiger partial charge in [-0.1, -0.05) is 24.3 Å². The summed E-state index contributed by atoms with van der Waals surface area (Å²) in [5.74, 6) is 2.42. The molecule has 3 aliphatic rings. The van der Waals surface area contributed by atoms with Crippen LogP contribution >= 0.6 is 0 Å². The number of hydrogen-bond donors (Lipinski definition) is 0. The SMILES string of the molecule is CC12c3ccccc3C=N[C@@H]1COc1cc3c(cc12)OCO3. The highest BCUT2D eigenvalue weighted by Crippen LogP contribution is 2.51. The molecule has 3 aliphatic heterocycles. The lowest BCUT2D eigenvalue weighted by atomic mass is 9.67. The Hall–Kier alpha value is -2.49. The molecule has 0 amide bonds. The van der Waals surface area contributed by atoms with Crippen LogP contribution in [0.1, 0.15) is 23.6 Å². The van der Waals surface area contributed by atoms with Crippen molar-refractivity contribution in [3.8, 4) is 17.2 Å². The summed E-state index contributed by atoms with van der Waals surface area (Å²) >= 11 is 0. The van der Waals surface area contributed by atoms with Gasteiger partial charge in [-0.25, -0.2) is 0 Å². The monoisotopic (exact) mass is 293 g/mol. The molecular weight excluding hydrogens is 278 g/mol. The number of nitrogens with zero attached hydrogens (tertiary/aromatic N) is 1. The third kappa shape index (κ3) is 1.39. The van der Waals surface area contributed by atoms with E-state index in [1.807, 2.05) is 12.3 Å². The lowest BCUT2D eigenvalue weighted by molar-refractivity contribution is 0.173. The van der Waals surface area contributed by atoms with Crippen LogP contribution in [-0.4, -0.2) is 25.7 Å². The molecule has 0 saturated heterocycles. The number of ether oxygens (including phenoxy) is 3. The van der Waals surface area contributed by atoms with Crippen LogP contribution in [0.5, 0.6) is 17.2 Å². The fraction of sp³-hybridized carbons (Fsp3) is 0.278. The molecule has 0 aliphatic carbocycles. The highest BCUT2D eigenvalue weighted by atomic mass is 16.7. The summed E-state index contributed by atoms with van der Waals surface area (Å²) in [4.78, 5) is 4.73. The number of benzene rings is 2. The van der Waals surface area contributed by atoms with Gasteiger partial charge in [-0.15, -0.1) is 0 Å². The van der Waals surface area contributed by atoms with E-state index in [-0.39, 0.29) is 18.2 Å². The van der Waals surface area contributed by atoms with Crippen molar-refractivity contribution in [3.63, 3.8) is 0 Å². The Balaban J connectivity index is 1.79. The second kappa shape index (κ2) is 4.03. The Morgan fingerprint density at radius 3 is 2.73 bits per heavy atom. The topological polar surface area (TPSA) is 40.0 Å². The molecule has 1 unspecified atom stereocenters. The third-order valence-electron chi connectivity index (χ3n) is 5.01. The predicted octanol–water partition coefficient (Wildman–Crippen LogP) is 2.91. The van der Waals surface area contributed by atoms with Crippen molar-refractivity contribution < 1.29 is 14.2 Å². The largest absolute Gasteiger partial charge is 0.491 e. The van der Waals surface area contributed by atoms with E-state index in [1.165, 1.54) is 11.1 Å². The molecule has 2 aromatic carbocycles. The molecule has 0 N–H and O–H groups in total. The summed E-state index contributed by atoms with van der Waals surface area (Å²) < 4.78 is 17.0. The van der Waals surface area contributed by atoms with Crippen LogP contribution < -0.4 is 14.2 Å². The van der Waals surface area contributed by atoms with Gasteiger partial charge in [-0.2, -0.15) is 0 Å². The van der Waals surface area contributed by atoms with Gasteiger partial charge in [-0.05, 0) is 24.1 Å². The van der Waals surface area contributed by atoms with Gasteiger partial charge in [0.25, 0.3) is 0 Å². The molecule has 110 valence electrons. The van der Waals surface area contributed by atoms with Gasteiger partial charge in [0.05, 0.1) is 6.04 Å². The third-order valence-corrected chi connectivity index (χ3v) is 5.01. The molecule has 4 nitrogen and oxygen atoms in total. The fourth-order valence-electron chi connectivity index (χ4n) is 3.73. The Kier molecular flexibility index (Phi) is 2.22. The van der Waals surface area contributed by atoms with Crippen LogP contribution in [0.15, 0.2) is 41.4 Å². The van der Waals surface area contributed by atoms with E-state index in [4.69, 9.17) is 19.2 Å². The van der Waals surface area contributed by atoms with Crippen LogP contribution in [0.25, 0.3) is 0 Å². The maximum atomic E-state index is 5.95. The van der Waals surface area contributed by atoms with E-state index in [0.717, 1.165) is 22.8 Å². The first kappa shape index (κ1) is 12.1. The zero-order valence-electron chi connectivity index (χ0n) is 12.2.